The number of rotatable bonds is 9. The molecule has 31 heavy (non-hydrogen) atoms. The highest BCUT2D eigenvalue weighted by Crippen LogP contribution is 2.19. The Morgan fingerprint density at radius 3 is 2.00 bits per heavy atom. The number of hydrogen-bond donors (Lipinski definition) is 2. The molecule has 0 aliphatic heterocycles. The maximum atomic E-state index is 12.3. The highest BCUT2D eigenvalue weighted by atomic mass is 16.5. The van der Waals surface area contributed by atoms with Crippen LogP contribution in [0, 0.1) is 0 Å². The Morgan fingerprint density at radius 2 is 1.26 bits per heavy atom. The van der Waals surface area contributed by atoms with Gasteiger partial charge in [-0.1, -0.05) is 48.5 Å². The van der Waals surface area contributed by atoms with Crippen molar-refractivity contribution in [3.05, 3.63) is 97.1 Å². The van der Waals surface area contributed by atoms with Crippen LogP contribution in [0.3, 0.4) is 0 Å². The van der Waals surface area contributed by atoms with E-state index in [2.05, 4.69) is 22.8 Å². The number of amides is 1. The van der Waals surface area contributed by atoms with Crippen molar-refractivity contribution in [2.24, 2.45) is 0 Å². The van der Waals surface area contributed by atoms with E-state index in [1.807, 2.05) is 84.9 Å². The van der Waals surface area contributed by atoms with Crippen molar-refractivity contribution in [3.8, 4) is 11.5 Å². The molecule has 4 aromatic rings. The average molecular weight is 412 g/mol. The maximum Gasteiger partial charge on any atom is 0.243 e. The van der Waals surface area contributed by atoms with Crippen LogP contribution in [-0.4, -0.2) is 25.7 Å². The molecule has 0 unspecified atom stereocenters. The third-order valence-corrected chi connectivity index (χ3v) is 4.70. The minimum Gasteiger partial charge on any atom is -0.490 e. The van der Waals surface area contributed by atoms with E-state index in [1.165, 1.54) is 5.39 Å². The highest BCUT2D eigenvalue weighted by molar-refractivity contribution is 5.94. The summed E-state index contributed by atoms with van der Waals surface area (Å²) in [7, 11) is 0. The van der Waals surface area contributed by atoms with Gasteiger partial charge in [-0.3, -0.25) is 4.79 Å². The van der Waals surface area contributed by atoms with Crippen LogP contribution in [-0.2, 0) is 4.79 Å². The number of benzene rings is 4. The van der Waals surface area contributed by atoms with Crippen LogP contribution in [0.15, 0.2) is 97.1 Å². The normalized spacial score (nSPS) is 10.5. The standard InChI is InChI=1S/C26H24N2O3/c29-26(19-27-23-11-10-20-6-4-5-7-21(20)18-23)28-22-12-14-25(15-13-22)31-17-16-30-24-8-2-1-3-9-24/h1-15,18,27H,16-17,19H2,(H,28,29). The zero-order valence-corrected chi connectivity index (χ0v) is 17.1. The van der Waals surface area contributed by atoms with Crippen molar-refractivity contribution in [1.29, 1.82) is 0 Å². The summed E-state index contributed by atoms with van der Waals surface area (Å²) in [6.07, 6.45) is 0. The van der Waals surface area contributed by atoms with E-state index in [0.29, 0.717) is 13.2 Å². The molecule has 0 aromatic heterocycles. The van der Waals surface area contributed by atoms with Gasteiger partial charge in [-0.15, -0.1) is 0 Å². The lowest BCUT2D eigenvalue weighted by molar-refractivity contribution is -0.114. The molecule has 0 saturated carbocycles. The molecule has 5 nitrogen and oxygen atoms in total. The number of para-hydroxylation sites is 1. The zero-order valence-electron chi connectivity index (χ0n) is 17.1. The molecule has 0 radical (unpaired) electrons. The Kier molecular flexibility index (Phi) is 6.65. The van der Waals surface area contributed by atoms with Crippen LogP contribution < -0.4 is 20.1 Å². The van der Waals surface area contributed by atoms with Gasteiger partial charge in [-0.25, -0.2) is 0 Å². The smallest absolute Gasteiger partial charge is 0.243 e. The van der Waals surface area contributed by atoms with Gasteiger partial charge < -0.3 is 20.1 Å². The maximum absolute atomic E-state index is 12.3. The van der Waals surface area contributed by atoms with Gasteiger partial charge in [0.25, 0.3) is 0 Å². The van der Waals surface area contributed by atoms with Crippen molar-refractivity contribution in [3.63, 3.8) is 0 Å². The molecule has 0 saturated heterocycles. The number of fused-ring (bicyclic) bond motifs is 1. The fourth-order valence-electron chi connectivity index (χ4n) is 3.16. The predicted octanol–water partition coefficient (Wildman–Crippen LogP) is 5.35. The lowest BCUT2D eigenvalue weighted by atomic mass is 10.1. The fraction of sp³-hybridized carbons (Fsp3) is 0.115. The Morgan fingerprint density at radius 1 is 0.645 bits per heavy atom. The number of ether oxygens (including phenoxy) is 2. The van der Waals surface area contributed by atoms with Crippen molar-refractivity contribution in [2.75, 3.05) is 30.4 Å². The van der Waals surface area contributed by atoms with Gasteiger partial charge in [0.1, 0.15) is 24.7 Å². The molecule has 0 aliphatic rings. The molecule has 0 atom stereocenters. The van der Waals surface area contributed by atoms with Gasteiger partial charge in [-0.2, -0.15) is 0 Å². The first-order valence-corrected chi connectivity index (χ1v) is 10.2. The molecule has 1 amide bonds. The Bertz CT molecular complexity index is 1130. The van der Waals surface area contributed by atoms with Crippen LogP contribution in [0.4, 0.5) is 11.4 Å². The van der Waals surface area contributed by atoms with Crippen molar-refractivity contribution < 1.29 is 14.3 Å². The summed E-state index contributed by atoms with van der Waals surface area (Å²) in [4.78, 5) is 12.3. The summed E-state index contributed by atoms with van der Waals surface area (Å²) in [6, 6.07) is 31.1. The van der Waals surface area contributed by atoms with Gasteiger partial charge in [0.2, 0.25) is 5.91 Å². The summed E-state index contributed by atoms with van der Waals surface area (Å²) < 4.78 is 11.3. The van der Waals surface area contributed by atoms with Crippen LogP contribution in [0.5, 0.6) is 11.5 Å². The molecule has 4 rings (SSSR count). The summed E-state index contributed by atoms with van der Waals surface area (Å²) in [5.41, 5.74) is 1.63. The quantitative estimate of drug-likeness (QED) is 0.364. The number of carbonyl (C=O) groups excluding carboxylic acids is 1. The molecule has 0 aliphatic carbocycles. The molecular formula is C26H24N2O3. The minimum atomic E-state index is -0.113. The summed E-state index contributed by atoms with van der Waals surface area (Å²) in [5.74, 6) is 1.43. The summed E-state index contributed by atoms with van der Waals surface area (Å²) in [5, 5.41) is 8.36. The van der Waals surface area contributed by atoms with Crippen LogP contribution in [0.25, 0.3) is 10.8 Å². The second-order valence-electron chi connectivity index (χ2n) is 7.00. The monoisotopic (exact) mass is 412 g/mol. The van der Waals surface area contributed by atoms with Crippen LogP contribution in [0.2, 0.25) is 0 Å². The van der Waals surface area contributed by atoms with Crippen molar-refractivity contribution >= 4 is 28.1 Å². The first-order chi connectivity index (χ1) is 15.3. The largest absolute Gasteiger partial charge is 0.490 e. The first kappa shape index (κ1) is 20.3. The second-order valence-corrected chi connectivity index (χ2v) is 7.00. The van der Waals surface area contributed by atoms with E-state index in [-0.39, 0.29) is 12.5 Å². The van der Waals surface area contributed by atoms with E-state index < -0.39 is 0 Å². The molecule has 156 valence electrons. The van der Waals surface area contributed by atoms with Gasteiger partial charge in [0, 0.05) is 11.4 Å². The van der Waals surface area contributed by atoms with Crippen LogP contribution in [0.1, 0.15) is 0 Å². The van der Waals surface area contributed by atoms with Gasteiger partial charge >= 0.3 is 0 Å². The van der Waals surface area contributed by atoms with Crippen molar-refractivity contribution in [1.82, 2.24) is 0 Å². The van der Waals surface area contributed by atoms with E-state index >= 15 is 0 Å². The number of nitrogens with one attached hydrogen (secondary N) is 2. The first-order valence-electron chi connectivity index (χ1n) is 10.2. The van der Waals surface area contributed by atoms with Gasteiger partial charge in [-0.05, 0) is 59.3 Å². The lowest BCUT2D eigenvalue weighted by Gasteiger charge is -2.10. The number of carbonyl (C=O) groups is 1. The second kappa shape index (κ2) is 10.2. The van der Waals surface area contributed by atoms with E-state index in [9.17, 15) is 4.79 Å². The number of hydrogen-bond acceptors (Lipinski definition) is 4. The minimum absolute atomic E-state index is 0.113. The molecule has 4 aromatic carbocycles. The Labute approximate surface area is 181 Å². The third-order valence-electron chi connectivity index (χ3n) is 4.70. The van der Waals surface area contributed by atoms with Crippen LogP contribution >= 0.6 is 0 Å². The highest BCUT2D eigenvalue weighted by Gasteiger charge is 2.04. The summed E-state index contributed by atoms with van der Waals surface area (Å²) in [6.45, 7) is 1.09. The Hall–Kier alpha value is -3.99. The van der Waals surface area contributed by atoms with E-state index in [4.69, 9.17) is 9.47 Å². The molecule has 0 heterocycles. The molecular weight excluding hydrogens is 388 g/mol. The van der Waals surface area contributed by atoms with E-state index in [1.54, 1.807) is 0 Å². The SMILES string of the molecule is O=C(CNc1ccc2ccccc2c1)Nc1ccc(OCCOc2ccccc2)cc1. The van der Waals surface area contributed by atoms with Gasteiger partial charge in [0.05, 0.1) is 6.54 Å². The zero-order chi connectivity index (χ0) is 21.3. The molecule has 2 N–H and O–H groups in total. The number of anilines is 2. The average Bonchev–Trinajstić information content (AvgIpc) is 2.82. The molecule has 0 spiro atoms. The van der Waals surface area contributed by atoms with Crippen molar-refractivity contribution in [2.45, 2.75) is 0 Å². The fourth-order valence-corrected chi connectivity index (χ4v) is 3.16. The topological polar surface area (TPSA) is 59.6 Å². The molecule has 0 bridgehead atoms. The third kappa shape index (κ3) is 6.00. The van der Waals surface area contributed by atoms with E-state index in [0.717, 1.165) is 28.3 Å². The molecule has 0 fully saturated rings. The molecule has 5 heteroatoms. The predicted molar refractivity (Wildman–Crippen MR) is 125 cm³/mol. The van der Waals surface area contributed by atoms with Gasteiger partial charge in [0.15, 0.2) is 0 Å². The lowest BCUT2D eigenvalue weighted by Crippen LogP contribution is -2.21. The Balaban J connectivity index is 1.20. The summed E-state index contributed by atoms with van der Waals surface area (Å²) >= 11 is 0.